The highest BCUT2D eigenvalue weighted by molar-refractivity contribution is 5.85. The summed E-state index contributed by atoms with van der Waals surface area (Å²) in [6, 6.07) is 23.7. The number of benzene rings is 3. The largest absolute Gasteiger partial charge is 0.385 e. The molecule has 4 rings (SSSR count). The van der Waals surface area contributed by atoms with Crippen LogP contribution in [0.5, 0.6) is 0 Å². The molecule has 0 amide bonds. The molecule has 0 atom stereocenters. The first-order valence-corrected chi connectivity index (χ1v) is 13.1. The maximum Gasteiger partial charge on any atom is 0.0628 e. The number of anilines is 3. The lowest BCUT2D eigenvalue weighted by molar-refractivity contribution is 0.653. The third kappa shape index (κ3) is 5.93. The molecule has 1 fully saturated rings. The number of nitrogens with zero attached hydrogens (tertiary/aromatic N) is 2. The van der Waals surface area contributed by atoms with Crippen molar-refractivity contribution in [1.82, 2.24) is 5.32 Å². The van der Waals surface area contributed by atoms with Crippen molar-refractivity contribution in [3.63, 3.8) is 0 Å². The zero-order valence-corrected chi connectivity index (χ0v) is 22.1. The van der Waals surface area contributed by atoms with Crippen molar-refractivity contribution >= 4 is 28.5 Å². The van der Waals surface area contributed by atoms with E-state index in [-0.39, 0.29) is 0 Å². The molecule has 0 aliphatic carbocycles. The van der Waals surface area contributed by atoms with E-state index in [0.29, 0.717) is 0 Å². The van der Waals surface area contributed by atoms with Crippen LogP contribution in [0.15, 0.2) is 79.9 Å². The van der Waals surface area contributed by atoms with Gasteiger partial charge in [-0.3, -0.25) is 0 Å². The zero-order valence-electron chi connectivity index (χ0n) is 22.1. The van der Waals surface area contributed by atoms with Crippen molar-refractivity contribution in [2.24, 2.45) is 0 Å². The fourth-order valence-corrected chi connectivity index (χ4v) is 4.87. The molecule has 0 radical (unpaired) electrons. The predicted molar refractivity (Wildman–Crippen MR) is 158 cm³/mol. The fraction of sp³-hybridized carbons (Fsp3) is 0.312. The van der Waals surface area contributed by atoms with Crippen LogP contribution in [0, 0.1) is 13.8 Å². The lowest BCUT2D eigenvalue weighted by Gasteiger charge is -2.39. The average Bonchev–Trinajstić information content (AvgIpc) is 2.89. The molecule has 1 heterocycles. The predicted octanol–water partition coefficient (Wildman–Crippen LogP) is 7.07. The summed E-state index contributed by atoms with van der Waals surface area (Å²) >= 11 is 0. The van der Waals surface area contributed by atoms with Crippen LogP contribution in [0.2, 0.25) is 0 Å². The summed E-state index contributed by atoms with van der Waals surface area (Å²) in [6.07, 6.45) is 2.30. The summed E-state index contributed by atoms with van der Waals surface area (Å²) in [4.78, 5) is 4.98. The number of para-hydroxylation sites is 1. The summed E-state index contributed by atoms with van der Waals surface area (Å²) in [5, 5.41) is 7.15. The van der Waals surface area contributed by atoms with Gasteiger partial charge in [0.15, 0.2) is 0 Å². The van der Waals surface area contributed by atoms with Crippen LogP contribution in [0.3, 0.4) is 0 Å². The summed E-state index contributed by atoms with van der Waals surface area (Å²) in [6.45, 7) is 20.1. The molecule has 188 valence electrons. The number of aryl methyl sites for hydroxylation is 2. The lowest BCUT2D eigenvalue weighted by atomic mass is 10.0. The molecular formula is C32H40N4. The Morgan fingerprint density at radius 3 is 2.08 bits per heavy atom. The number of piperazine rings is 1. The molecule has 4 nitrogen and oxygen atoms in total. The van der Waals surface area contributed by atoms with Crippen LogP contribution < -0.4 is 20.4 Å². The van der Waals surface area contributed by atoms with E-state index in [1.54, 1.807) is 0 Å². The maximum atomic E-state index is 4.39. The standard InChI is InChI=1S/C32H40N4/c1-6-7-18-33-26(4)28-16-17-32(30(23-28)34-27(5)29-14-10-8-12-24(29)2)36-21-19-35(20-22-36)31-15-11-9-13-25(31)3/h8-17,23,33-34H,4-7,18-22H2,1-3H3. The van der Waals surface area contributed by atoms with Crippen molar-refractivity contribution in [3.8, 4) is 0 Å². The molecule has 0 saturated carbocycles. The first-order chi connectivity index (χ1) is 17.5. The minimum Gasteiger partial charge on any atom is -0.385 e. The van der Waals surface area contributed by atoms with E-state index in [4.69, 9.17) is 0 Å². The van der Waals surface area contributed by atoms with Crippen molar-refractivity contribution in [3.05, 3.63) is 102 Å². The molecule has 0 spiro atoms. The molecule has 0 aromatic heterocycles. The van der Waals surface area contributed by atoms with Gasteiger partial charge in [-0.2, -0.15) is 0 Å². The fourth-order valence-electron chi connectivity index (χ4n) is 4.87. The SMILES string of the molecule is C=C(NCCCC)c1ccc(N2CCN(c3ccccc3C)CC2)c(NC(=C)c2ccccc2C)c1. The third-order valence-corrected chi connectivity index (χ3v) is 7.05. The molecule has 1 aliphatic heterocycles. The van der Waals surface area contributed by atoms with Gasteiger partial charge in [0.1, 0.15) is 0 Å². The summed E-state index contributed by atoms with van der Waals surface area (Å²) < 4.78 is 0. The number of hydrogen-bond acceptors (Lipinski definition) is 4. The normalized spacial score (nSPS) is 13.4. The Balaban J connectivity index is 1.57. The Bertz CT molecular complexity index is 1200. The van der Waals surface area contributed by atoms with E-state index in [0.717, 1.165) is 73.8 Å². The van der Waals surface area contributed by atoms with Gasteiger partial charge in [0.2, 0.25) is 0 Å². The van der Waals surface area contributed by atoms with Crippen molar-refractivity contribution < 1.29 is 0 Å². The van der Waals surface area contributed by atoms with Crippen molar-refractivity contribution in [1.29, 1.82) is 0 Å². The zero-order chi connectivity index (χ0) is 25.5. The Kier molecular flexibility index (Phi) is 8.37. The van der Waals surface area contributed by atoms with Gasteiger partial charge in [-0.05, 0) is 55.2 Å². The smallest absolute Gasteiger partial charge is 0.0628 e. The first kappa shape index (κ1) is 25.4. The van der Waals surface area contributed by atoms with Crippen LogP contribution in [-0.2, 0) is 0 Å². The summed E-state index contributed by atoms with van der Waals surface area (Å²) in [5.41, 5.74) is 10.3. The highest BCUT2D eigenvalue weighted by Crippen LogP contribution is 2.33. The number of nitrogens with one attached hydrogen (secondary N) is 2. The number of unbranched alkanes of at least 4 members (excludes halogenated alkanes) is 1. The highest BCUT2D eigenvalue weighted by atomic mass is 15.3. The molecule has 1 aliphatic rings. The number of hydrogen-bond donors (Lipinski definition) is 2. The maximum absolute atomic E-state index is 4.39. The van der Waals surface area contributed by atoms with Crippen LogP contribution in [0.4, 0.5) is 17.1 Å². The molecule has 0 unspecified atom stereocenters. The second kappa shape index (κ2) is 11.9. The molecule has 0 bridgehead atoms. The Morgan fingerprint density at radius 1 is 0.778 bits per heavy atom. The van der Waals surface area contributed by atoms with Gasteiger partial charge < -0.3 is 20.4 Å². The minimum atomic E-state index is 0.912. The van der Waals surface area contributed by atoms with E-state index in [9.17, 15) is 0 Å². The van der Waals surface area contributed by atoms with Crippen LogP contribution >= 0.6 is 0 Å². The molecule has 3 aromatic rings. The van der Waals surface area contributed by atoms with Crippen LogP contribution in [0.1, 0.15) is 42.0 Å². The second-order valence-corrected chi connectivity index (χ2v) is 9.67. The van der Waals surface area contributed by atoms with Crippen molar-refractivity contribution in [2.45, 2.75) is 33.6 Å². The third-order valence-electron chi connectivity index (χ3n) is 7.05. The second-order valence-electron chi connectivity index (χ2n) is 9.67. The highest BCUT2D eigenvalue weighted by Gasteiger charge is 2.21. The van der Waals surface area contributed by atoms with Crippen LogP contribution in [-0.4, -0.2) is 32.7 Å². The monoisotopic (exact) mass is 480 g/mol. The molecule has 1 saturated heterocycles. The first-order valence-electron chi connectivity index (χ1n) is 13.1. The van der Waals surface area contributed by atoms with Gasteiger partial charge in [0, 0.05) is 55.4 Å². The van der Waals surface area contributed by atoms with E-state index >= 15 is 0 Å². The van der Waals surface area contributed by atoms with Gasteiger partial charge in [0.05, 0.1) is 11.4 Å². The lowest BCUT2D eigenvalue weighted by Crippen LogP contribution is -2.47. The Hall–Kier alpha value is -3.66. The van der Waals surface area contributed by atoms with E-state index in [1.165, 1.54) is 22.5 Å². The topological polar surface area (TPSA) is 30.5 Å². The van der Waals surface area contributed by atoms with Gasteiger partial charge in [-0.15, -0.1) is 0 Å². The Labute approximate surface area is 217 Å². The van der Waals surface area contributed by atoms with E-state index in [1.807, 2.05) is 0 Å². The van der Waals surface area contributed by atoms with Gasteiger partial charge in [-0.25, -0.2) is 0 Å². The molecular weight excluding hydrogens is 440 g/mol. The number of rotatable bonds is 10. The minimum absolute atomic E-state index is 0.912. The van der Waals surface area contributed by atoms with Gasteiger partial charge >= 0.3 is 0 Å². The molecule has 36 heavy (non-hydrogen) atoms. The van der Waals surface area contributed by atoms with Crippen LogP contribution in [0.25, 0.3) is 11.4 Å². The molecule has 2 N–H and O–H groups in total. The van der Waals surface area contributed by atoms with E-state index in [2.05, 4.69) is 121 Å². The summed E-state index contributed by atoms with van der Waals surface area (Å²) in [7, 11) is 0. The molecule has 3 aromatic carbocycles. The molecule has 4 heteroatoms. The van der Waals surface area contributed by atoms with Crippen molar-refractivity contribution in [2.75, 3.05) is 47.8 Å². The average molecular weight is 481 g/mol. The Morgan fingerprint density at radius 2 is 1.42 bits per heavy atom. The van der Waals surface area contributed by atoms with E-state index < -0.39 is 0 Å². The van der Waals surface area contributed by atoms with Gasteiger partial charge in [-0.1, -0.05) is 75.0 Å². The van der Waals surface area contributed by atoms with Gasteiger partial charge in [0.25, 0.3) is 0 Å². The quantitative estimate of drug-likeness (QED) is 0.304. The summed E-state index contributed by atoms with van der Waals surface area (Å²) in [5.74, 6) is 0.